The van der Waals surface area contributed by atoms with Crippen molar-refractivity contribution in [2.75, 3.05) is 26.3 Å². The van der Waals surface area contributed by atoms with Gasteiger partial charge < -0.3 is 9.47 Å². The maximum atomic E-state index is 11.9. The van der Waals surface area contributed by atoms with Crippen LogP contribution in [0.1, 0.15) is 117 Å². The third-order valence-electron chi connectivity index (χ3n) is 5.55. The van der Waals surface area contributed by atoms with Crippen molar-refractivity contribution < 1.29 is 19.1 Å². The van der Waals surface area contributed by atoms with Crippen LogP contribution in [0.4, 0.5) is 4.79 Å². The average molecular weight is 440 g/mol. The zero-order valence-corrected chi connectivity index (χ0v) is 20.5. The SMILES string of the molecule is C=CCOC(=O)N(CC)CC(=O)OCCCCCCCCCCCCCCCCCC. The van der Waals surface area contributed by atoms with Crippen molar-refractivity contribution in [3.63, 3.8) is 0 Å². The summed E-state index contributed by atoms with van der Waals surface area (Å²) in [6.45, 7) is 8.49. The van der Waals surface area contributed by atoms with E-state index in [1.165, 1.54) is 101 Å². The predicted molar refractivity (Wildman–Crippen MR) is 129 cm³/mol. The Morgan fingerprint density at radius 2 is 1.16 bits per heavy atom. The van der Waals surface area contributed by atoms with Gasteiger partial charge in [0.2, 0.25) is 0 Å². The Morgan fingerprint density at radius 3 is 1.58 bits per heavy atom. The molecule has 0 aromatic carbocycles. The quantitative estimate of drug-likeness (QED) is 0.0999. The summed E-state index contributed by atoms with van der Waals surface area (Å²) in [5, 5.41) is 0. The third-order valence-corrected chi connectivity index (χ3v) is 5.55. The predicted octanol–water partition coefficient (Wildman–Crippen LogP) is 7.44. The van der Waals surface area contributed by atoms with Crippen LogP contribution in [0.15, 0.2) is 12.7 Å². The molecule has 0 radical (unpaired) electrons. The van der Waals surface area contributed by atoms with Gasteiger partial charge in [0.05, 0.1) is 6.61 Å². The Bertz CT molecular complexity index is 439. The molecule has 0 spiro atoms. The molecule has 0 aromatic rings. The first kappa shape index (κ1) is 29.5. The van der Waals surface area contributed by atoms with Gasteiger partial charge in [-0.15, -0.1) is 0 Å². The van der Waals surface area contributed by atoms with Crippen LogP contribution in [0.2, 0.25) is 0 Å². The van der Waals surface area contributed by atoms with Gasteiger partial charge in [-0.05, 0) is 13.3 Å². The first-order valence-corrected chi connectivity index (χ1v) is 12.8. The highest BCUT2D eigenvalue weighted by molar-refractivity contribution is 5.78. The molecule has 0 aliphatic rings. The molecule has 0 aliphatic carbocycles. The molecule has 31 heavy (non-hydrogen) atoms. The Kier molecular flexibility index (Phi) is 22.0. The number of hydrogen-bond acceptors (Lipinski definition) is 4. The van der Waals surface area contributed by atoms with E-state index < -0.39 is 6.09 Å². The number of ether oxygens (including phenoxy) is 2. The third kappa shape index (κ3) is 20.2. The van der Waals surface area contributed by atoms with Gasteiger partial charge >= 0.3 is 12.1 Å². The molecule has 5 nitrogen and oxygen atoms in total. The molecule has 0 rings (SSSR count). The highest BCUT2D eigenvalue weighted by Gasteiger charge is 2.17. The molecule has 0 atom stereocenters. The van der Waals surface area contributed by atoms with Gasteiger partial charge in [-0.3, -0.25) is 9.69 Å². The van der Waals surface area contributed by atoms with Crippen LogP contribution in [0.3, 0.4) is 0 Å². The van der Waals surface area contributed by atoms with E-state index in [0.29, 0.717) is 13.2 Å². The highest BCUT2D eigenvalue weighted by Crippen LogP contribution is 2.13. The summed E-state index contributed by atoms with van der Waals surface area (Å²) < 4.78 is 10.2. The zero-order valence-electron chi connectivity index (χ0n) is 20.5. The van der Waals surface area contributed by atoms with E-state index in [1.54, 1.807) is 6.92 Å². The van der Waals surface area contributed by atoms with Gasteiger partial charge in [-0.25, -0.2) is 4.79 Å². The van der Waals surface area contributed by atoms with Gasteiger partial charge in [0.25, 0.3) is 0 Å². The zero-order chi connectivity index (χ0) is 23.0. The number of amides is 1. The lowest BCUT2D eigenvalue weighted by Gasteiger charge is -2.18. The fourth-order valence-corrected chi connectivity index (χ4v) is 3.56. The summed E-state index contributed by atoms with van der Waals surface area (Å²) in [5.41, 5.74) is 0. The first-order valence-electron chi connectivity index (χ1n) is 12.8. The van der Waals surface area contributed by atoms with Crippen LogP contribution in [0, 0.1) is 0 Å². The summed E-state index contributed by atoms with van der Waals surface area (Å²) in [5.74, 6) is -0.377. The number of rotatable bonds is 22. The fraction of sp³-hybridized carbons (Fsp3) is 0.846. The summed E-state index contributed by atoms with van der Waals surface area (Å²) in [6, 6.07) is 0. The summed E-state index contributed by atoms with van der Waals surface area (Å²) in [7, 11) is 0. The minimum absolute atomic E-state index is 0.0642. The average Bonchev–Trinajstić information content (AvgIpc) is 2.77. The van der Waals surface area contributed by atoms with Gasteiger partial charge in [-0.2, -0.15) is 0 Å². The smallest absolute Gasteiger partial charge is 0.410 e. The van der Waals surface area contributed by atoms with Crippen molar-refractivity contribution in [2.45, 2.75) is 117 Å². The van der Waals surface area contributed by atoms with Crippen molar-refractivity contribution in [1.29, 1.82) is 0 Å². The van der Waals surface area contributed by atoms with Gasteiger partial charge in [0, 0.05) is 6.54 Å². The van der Waals surface area contributed by atoms with E-state index in [4.69, 9.17) is 9.47 Å². The maximum Gasteiger partial charge on any atom is 0.410 e. The molecule has 0 fully saturated rings. The van der Waals surface area contributed by atoms with Gasteiger partial charge in [-0.1, -0.05) is 116 Å². The van der Waals surface area contributed by atoms with Crippen molar-refractivity contribution in [3.05, 3.63) is 12.7 Å². The highest BCUT2D eigenvalue weighted by atomic mass is 16.6. The van der Waals surface area contributed by atoms with Crippen LogP contribution in [0.25, 0.3) is 0 Å². The van der Waals surface area contributed by atoms with Crippen molar-refractivity contribution in [3.8, 4) is 0 Å². The molecule has 0 unspecified atom stereocenters. The van der Waals surface area contributed by atoms with E-state index in [1.807, 2.05) is 0 Å². The monoisotopic (exact) mass is 439 g/mol. The second-order valence-corrected chi connectivity index (χ2v) is 8.40. The summed E-state index contributed by atoms with van der Waals surface area (Å²) >= 11 is 0. The molecule has 0 aliphatic heterocycles. The number of carbonyl (C=O) groups is 2. The number of carbonyl (C=O) groups excluding carboxylic acids is 2. The number of unbranched alkanes of at least 4 members (excludes halogenated alkanes) is 15. The molecule has 5 heteroatoms. The van der Waals surface area contributed by atoms with Crippen molar-refractivity contribution >= 4 is 12.1 Å². The lowest BCUT2D eigenvalue weighted by Crippen LogP contribution is -2.36. The number of likely N-dealkylation sites (N-methyl/N-ethyl adjacent to an activating group) is 1. The molecule has 0 heterocycles. The summed E-state index contributed by atoms with van der Waals surface area (Å²) in [4.78, 5) is 24.9. The molecular weight excluding hydrogens is 390 g/mol. The molecule has 0 saturated carbocycles. The number of esters is 1. The van der Waals surface area contributed by atoms with E-state index in [2.05, 4.69) is 13.5 Å². The minimum Gasteiger partial charge on any atom is -0.464 e. The Morgan fingerprint density at radius 1 is 0.710 bits per heavy atom. The second kappa shape index (κ2) is 23.1. The topological polar surface area (TPSA) is 55.8 Å². The van der Waals surface area contributed by atoms with Crippen LogP contribution in [0.5, 0.6) is 0 Å². The summed E-state index contributed by atoms with van der Waals surface area (Å²) in [6.07, 6.45) is 22.1. The van der Waals surface area contributed by atoms with Crippen LogP contribution >= 0.6 is 0 Å². The lowest BCUT2D eigenvalue weighted by molar-refractivity contribution is -0.144. The molecule has 0 aromatic heterocycles. The molecule has 0 bridgehead atoms. The van der Waals surface area contributed by atoms with E-state index >= 15 is 0 Å². The molecule has 182 valence electrons. The Balaban J connectivity index is 3.39. The normalized spacial score (nSPS) is 10.6. The van der Waals surface area contributed by atoms with Gasteiger partial charge in [0.1, 0.15) is 13.2 Å². The Labute approximate surface area is 191 Å². The molecular formula is C26H49NO4. The molecule has 0 saturated heterocycles. The first-order chi connectivity index (χ1) is 15.2. The number of hydrogen-bond donors (Lipinski definition) is 0. The molecule has 0 N–H and O–H groups in total. The largest absolute Gasteiger partial charge is 0.464 e. The lowest BCUT2D eigenvalue weighted by atomic mass is 10.0. The van der Waals surface area contributed by atoms with Gasteiger partial charge in [0.15, 0.2) is 0 Å². The van der Waals surface area contributed by atoms with E-state index in [9.17, 15) is 9.59 Å². The minimum atomic E-state index is -0.512. The molecule has 1 amide bonds. The van der Waals surface area contributed by atoms with Crippen molar-refractivity contribution in [2.24, 2.45) is 0 Å². The Hall–Kier alpha value is -1.52. The van der Waals surface area contributed by atoms with E-state index in [-0.39, 0.29) is 19.1 Å². The second-order valence-electron chi connectivity index (χ2n) is 8.40. The van der Waals surface area contributed by atoms with Crippen LogP contribution in [-0.2, 0) is 14.3 Å². The van der Waals surface area contributed by atoms with Crippen molar-refractivity contribution in [1.82, 2.24) is 4.90 Å². The fourth-order valence-electron chi connectivity index (χ4n) is 3.56. The van der Waals surface area contributed by atoms with Crippen LogP contribution in [-0.4, -0.2) is 43.3 Å². The number of nitrogens with zero attached hydrogens (tertiary/aromatic N) is 1. The maximum absolute atomic E-state index is 11.9. The standard InChI is InChI=1S/C26H49NO4/c1-4-7-8-9-10-11-12-13-14-15-16-17-18-19-20-21-23-30-25(28)24-27(6-3)26(29)31-22-5-2/h5H,2,4,6-24H2,1,3H3. The van der Waals surface area contributed by atoms with E-state index in [0.717, 1.165) is 12.8 Å². The van der Waals surface area contributed by atoms with Crippen LogP contribution < -0.4 is 0 Å².